The molecule has 0 spiro atoms. The van der Waals surface area contributed by atoms with E-state index in [2.05, 4.69) is 25.4 Å². The van der Waals surface area contributed by atoms with E-state index in [9.17, 15) is 4.79 Å². The van der Waals surface area contributed by atoms with Gasteiger partial charge in [-0.2, -0.15) is 5.10 Å². The molecule has 7 heteroatoms. The molecule has 4 heterocycles. The van der Waals surface area contributed by atoms with Crippen LogP contribution in [0.5, 0.6) is 0 Å². The van der Waals surface area contributed by atoms with Crippen LogP contribution in [0, 0.1) is 0 Å². The van der Waals surface area contributed by atoms with Crippen molar-refractivity contribution in [2.45, 2.75) is 0 Å². The maximum Gasteiger partial charge on any atom is 0.258 e. The first-order valence-electron chi connectivity index (χ1n) is 8.81. The number of fused-ring (bicyclic) bond motifs is 3. The van der Waals surface area contributed by atoms with Gasteiger partial charge in [-0.15, -0.1) is 0 Å². The first-order chi connectivity index (χ1) is 13.7. The molecule has 136 valence electrons. The molecule has 2 N–H and O–H groups in total. The summed E-state index contributed by atoms with van der Waals surface area (Å²) in [6.07, 6.45) is 7.08. The number of pyridine rings is 3. The molecule has 0 fully saturated rings. The van der Waals surface area contributed by atoms with E-state index in [0.717, 1.165) is 21.9 Å². The molecule has 1 aromatic carbocycles. The molecule has 5 rings (SSSR count). The number of nitrogens with one attached hydrogen (secondary N) is 2. The molecule has 0 aliphatic rings. The Labute approximate surface area is 159 Å². The smallest absolute Gasteiger partial charge is 0.258 e. The Balaban J connectivity index is 1.80. The highest BCUT2D eigenvalue weighted by molar-refractivity contribution is 6.11. The Morgan fingerprint density at radius 3 is 2.79 bits per heavy atom. The minimum Gasteiger partial charge on any atom is -0.328 e. The third-order valence-electron chi connectivity index (χ3n) is 4.66. The molecule has 0 unspecified atom stereocenters. The molecule has 0 aliphatic heterocycles. The van der Waals surface area contributed by atoms with Crippen LogP contribution in [0.3, 0.4) is 0 Å². The largest absolute Gasteiger partial charge is 0.328 e. The van der Waals surface area contributed by atoms with Gasteiger partial charge in [0.2, 0.25) is 0 Å². The zero-order valence-corrected chi connectivity index (χ0v) is 15.0. The lowest BCUT2D eigenvalue weighted by Gasteiger charge is -2.12. The maximum atomic E-state index is 12.6. The number of benzene rings is 1. The Morgan fingerprint density at radius 2 is 2.00 bits per heavy atom. The minimum atomic E-state index is -0.164. The number of aromatic nitrogens is 5. The van der Waals surface area contributed by atoms with Crippen molar-refractivity contribution in [1.82, 2.24) is 24.7 Å². The van der Waals surface area contributed by atoms with E-state index in [-0.39, 0.29) is 5.56 Å². The molecular weight excluding hydrogens is 352 g/mol. The van der Waals surface area contributed by atoms with Crippen molar-refractivity contribution in [3.05, 3.63) is 77.6 Å². The quantitative estimate of drug-likeness (QED) is 0.475. The minimum absolute atomic E-state index is 0.164. The van der Waals surface area contributed by atoms with Gasteiger partial charge in [-0.25, -0.2) is 9.97 Å². The molecular formula is C21H16N6O. The van der Waals surface area contributed by atoms with Gasteiger partial charge in [0.05, 0.1) is 17.1 Å². The van der Waals surface area contributed by atoms with Gasteiger partial charge < -0.3 is 10.3 Å². The van der Waals surface area contributed by atoms with Crippen molar-refractivity contribution >= 4 is 33.3 Å². The summed E-state index contributed by atoms with van der Waals surface area (Å²) in [5.41, 5.74) is 2.43. The number of hydrogen-bond acceptors (Lipinski definition) is 5. The van der Waals surface area contributed by atoms with E-state index < -0.39 is 0 Å². The van der Waals surface area contributed by atoms with Gasteiger partial charge in [0.15, 0.2) is 0 Å². The number of hydrogen-bond donors (Lipinski definition) is 2. The van der Waals surface area contributed by atoms with Gasteiger partial charge in [-0.1, -0.05) is 18.2 Å². The van der Waals surface area contributed by atoms with Crippen LogP contribution in [0.15, 0.2) is 72.0 Å². The second-order valence-electron chi connectivity index (χ2n) is 6.53. The summed E-state index contributed by atoms with van der Waals surface area (Å²) in [5, 5.41) is 9.75. The van der Waals surface area contributed by atoms with E-state index in [1.165, 1.54) is 0 Å². The van der Waals surface area contributed by atoms with Crippen LogP contribution in [0.25, 0.3) is 32.8 Å². The Hall–Kier alpha value is -4.00. The maximum absolute atomic E-state index is 12.6. The summed E-state index contributed by atoms with van der Waals surface area (Å²) in [6.45, 7) is 0. The number of rotatable bonds is 3. The SMILES string of the molecule is Cn1cc(-c2ccc3c(Nc4ccccn4)nc4cc[nH]c(=O)c4c3c2)cn1. The topological polar surface area (TPSA) is 88.5 Å². The fourth-order valence-electron chi connectivity index (χ4n) is 3.36. The van der Waals surface area contributed by atoms with Crippen molar-refractivity contribution in [3.8, 4) is 11.1 Å². The van der Waals surface area contributed by atoms with Gasteiger partial charge in [-0.3, -0.25) is 9.48 Å². The summed E-state index contributed by atoms with van der Waals surface area (Å²) in [6, 6.07) is 13.4. The Kier molecular flexibility index (Phi) is 3.65. The lowest BCUT2D eigenvalue weighted by atomic mass is 10.0. The number of nitrogens with zero attached hydrogens (tertiary/aromatic N) is 4. The molecule has 28 heavy (non-hydrogen) atoms. The van der Waals surface area contributed by atoms with E-state index in [1.807, 2.05) is 55.8 Å². The summed E-state index contributed by atoms with van der Waals surface area (Å²) in [5.74, 6) is 1.35. The molecule has 4 aromatic heterocycles. The average Bonchev–Trinajstić information content (AvgIpc) is 3.15. The summed E-state index contributed by atoms with van der Waals surface area (Å²) in [4.78, 5) is 24.3. The van der Waals surface area contributed by atoms with Crippen molar-refractivity contribution in [2.24, 2.45) is 7.05 Å². The fraction of sp³-hybridized carbons (Fsp3) is 0.0476. The van der Waals surface area contributed by atoms with Crippen LogP contribution in [0.1, 0.15) is 0 Å². The second-order valence-corrected chi connectivity index (χ2v) is 6.53. The standard InChI is InChI=1S/C21H16N6O/c1-27-12-14(11-24-27)13-5-6-15-16(10-13)19-17(7-9-23-21(19)28)25-20(15)26-18-4-2-3-8-22-18/h2-12H,1H3,(H,23,28)(H,22,25,26). The van der Waals surface area contributed by atoms with Crippen LogP contribution >= 0.6 is 0 Å². The highest BCUT2D eigenvalue weighted by Crippen LogP contribution is 2.32. The van der Waals surface area contributed by atoms with Gasteiger partial charge in [0, 0.05) is 42.0 Å². The molecule has 0 amide bonds. The first-order valence-corrected chi connectivity index (χ1v) is 8.81. The average molecular weight is 368 g/mol. The van der Waals surface area contributed by atoms with Gasteiger partial charge in [0.1, 0.15) is 11.6 Å². The van der Waals surface area contributed by atoms with Crippen LogP contribution in [0.2, 0.25) is 0 Å². The van der Waals surface area contributed by atoms with E-state index in [1.54, 1.807) is 23.1 Å². The zero-order chi connectivity index (χ0) is 19.1. The van der Waals surface area contributed by atoms with Crippen LogP contribution in [0.4, 0.5) is 11.6 Å². The summed E-state index contributed by atoms with van der Waals surface area (Å²) >= 11 is 0. The fourth-order valence-corrected chi connectivity index (χ4v) is 3.36. The second kappa shape index (κ2) is 6.31. The monoisotopic (exact) mass is 368 g/mol. The lowest BCUT2D eigenvalue weighted by Crippen LogP contribution is -2.07. The lowest BCUT2D eigenvalue weighted by molar-refractivity contribution is 0.768. The molecule has 0 radical (unpaired) electrons. The van der Waals surface area contributed by atoms with Crippen molar-refractivity contribution < 1.29 is 0 Å². The van der Waals surface area contributed by atoms with E-state index in [0.29, 0.717) is 22.5 Å². The van der Waals surface area contributed by atoms with Crippen molar-refractivity contribution in [2.75, 3.05) is 5.32 Å². The number of anilines is 2. The van der Waals surface area contributed by atoms with Crippen molar-refractivity contribution in [3.63, 3.8) is 0 Å². The highest BCUT2D eigenvalue weighted by atomic mass is 16.1. The third-order valence-corrected chi connectivity index (χ3v) is 4.66. The predicted octanol–water partition coefficient (Wildman–Crippen LogP) is 3.62. The highest BCUT2D eigenvalue weighted by Gasteiger charge is 2.13. The van der Waals surface area contributed by atoms with Crippen LogP contribution < -0.4 is 10.9 Å². The predicted molar refractivity (Wildman–Crippen MR) is 110 cm³/mol. The Bertz CT molecular complexity index is 1370. The van der Waals surface area contributed by atoms with Crippen LogP contribution in [-0.4, -0.2) is 24.7 Å². The molecule has 7 nitrogen and oxygen atoms in total. The van der Waals surface area contributed by atoms with Crippen molar-refractivity contribution in [1.29, 1.82) is 0 Å². The first kappa shape index (κ1) is 16.2. The van der Waals surface area contributed by atoms with Gasteiger partial charge >= 0.3 is 0 Å². The summed E-state index contributed by atoms with van der Waals surface area (Å²) < 4.78 is 1.76. The zero-order valence-electron chi connectivity index (χ0n) is 15.0. The molecule has 0 bridgehead atoms. The number of aryl methyl sites for hydroxylation is 1. The molecule has 0 aliphatic carbocycles. The molecule has 5 aromatic rings. The number of H-pyrrole nitrogens is 1. The van der Waals surface area contributed by atoms with Crippen LogP contribution in [-0.2, 0) is 7.05 Å². The third kappa shape index (κ3) is 2.69. The normalized spacial score (nSPS) is 11.2. The Morgan fingerprint density at radius 1 is 1.07 bits per heavy atom. The van der Waals surface area contributed by atoms with E-state index in [4.69, 9.17) is 0 Å². The molecule has 0 saturated carbocycles. The number of aromatic amines is 1. The summed E-state index contributed by atoms with van der Waals surface area (Å²) in [7, 11) is 1.88. The van der Waals surface area contributed by atoms with E-state index >= 15 is 0 Å². The van der Waals surface area contributed by atoms with Gasteiger partial charge in [-0.05, 0) is 29.8 Å². The van der Waals surface area contributed by atoms with Gasteiger partial charge in [0.25, 0.3) is 5.56 Å². The molecule has 0 saturated heterocycles. The molecule has 0 atom stereocenters.